The zero-order chi connectivity index (χ0) is 14.5. The van der Waals surface area contributed by atoms with Crippen LogP contribution in [0.15, 0.2) is 11.6 Å². The van der Waals surface area contributed by atoms with E-state index in [0.717, 1.165) is 12.8 Å². The lowest BCUT2D eigenvalue weighted by molar-refractivity contribution is -0.389. The Morgan fingerprint density at radius 3 is 3.00 bits per heavy atom. The van der Waals surface area contributed by atoms with Crippen molar-refractivity contribution in [1.82, 2.24) is 9.38 Å². The fraction of sp³-hybridized carbons (Fsp3) is 0.455. The van der Waals surface area contributed by atoms with E-state index in [9.17, 15) is 14.9 Å². The first-order valence-corrected chi connectivity index (χ1v) is 7.03. The summed E-state index contributed by atoms with van der Waals surface area (Å²) in [5.74, 6) is -0.602. The van der Waals surface area contributed by atoms with Gasteiger partial charge < -0.3 is 20.5 Å². The molecular formula is C11H14N4O4S. The molecule has 2 heterocycles. The van der Waals surface area contributed by atoms with E-state index in [2.05, 4.69) is 10.3 Å². The fourth-order valence-electron chi connectivity index (χ4n) is 1.85. The van der Waals surface area contributed by atoms with Crippen LogP contribution in [0, 0.1) is 10.1 Å². The largest absolute Gasteiger partial charge is 0.481 e. The van der Waals surface area contributed by atoms with Crippen molar-refractivity contribution in [2.75, 3.05) is 11.9 Å². The summed E-state index contributed by atoms with van der Waals surface area (Å²) in [5, 5.41) is 24.2. The molecule has 0 amide bonds. The second-order valence-electron chi connectivity index (χ2n) is 4.23. The van der Waals surface area contributed by atoms with Crippen LogP contribution >= 0.6 is 11.3 Å². The molecule has 108 valence electrons. The number of hydrogen-bond acceptors (Lipinski definition) is 6. The van der Waals surface area contributed by atoms with Crippen LogP contribution in [0.1, 0.15) is 25.7 Å². The number of anilines is 1. The number of hydrogen-bond donors (Lipinski definition) is 2. The molecule has 0 aliphatic rings. The topological polar surface area (TPSA) is 110 Å². The predicted octanol–water partition coefficient (Wildman–Crippen LogP) is 2.36. The molecule has 0 bridgehead atoms. The van der Waals surface area contributed by atoms with E-state index in [-0.39, 0.29) is 18.1 Å². The van der Waals surface area contributed by atoms with Crippen LogP contribution in [0.3, 0.4) is 0 Å². The Labute approximate surface area is 118 Å². The fourth-order valence-corrected chi connectivity index (χ4v) is 2.56. The van der Waals surface area contributed by atoms with Crippen LogP contribution in [-0.2, 0) is 4.79 Å². The Morgan fingerprint density at radius 1 is 1.50 bits per heavy atom. The van der Waals surface area contributed by atoms with Crippen LogP contribution in [-0.4, -0.2) is 31.9 Å². The van der Waals surface area contributed by atoms with Gasteiger partial charge in [-0.2, -0.15) is 9.38 Å². The summed E-state index contributed by atoms with van der Waals surface area (Å²) in [6.07, 6.45) is 3.88. The molecule has 0 saturated heterocycles. The minimum Gasteiger partial charge on any atom is -0.481 e. The third-order valence-corrected chi connectivity index (χ3v) is 3.53. The molecule has 0 atom stereocenters. The van der Waals surface area contributed by atoms with Crippen LogP contribution in [0.2, 0.25) is 0 Å². The van der Waals surface area contributed by atoms with Crippen LogP contribution < -0.4 is 5.32 Å². The maximum atomic E-state index is 11.0. The summed E-state index contributed by atoms with van der Waals surface area (Å²) in [7, 11) is 0. The number of carboxylic acids is 1. The highest BCUT2D eigenvalue weighted by Gasteiger charge is 2.22. The van der Waals surface area contributed by atoms with Gasteiger partial charge in [-0.05, 0) is 17.8 Å². The number of nitrogens with zero attached hydrogens (tertiary/aromatic N) is 3. The monoisotopic (exact) mass is 298 g/mol. The lowest BCUT2D eigenvalue weighted by Crippen LogP contribution is -2.05. The number of rotatable bonds is 8. The summed E-state index contributed by atoms with van der Waals surface area (Å²) < 4.78 is 1.44. The maximum absolute atomic E-state index is 11.0. The second-order valence-corrected chi connectivity index (χ2v) is 5.10. The van der Waals surface area contributed by atoms with E-state index in [0.29, 0.717) is 17.9 Å². The average Bonchev–Trinajstić information content (AvgIpc) is 2.92. The number of aliphatic carboxylic acids is 1. The molecule has 2 N–H and O–H groups in total. The van der Waals surface area contributed by atoms with Gasteiger partial charge in [-0.15, -0.1) is 0 Å². The van der Waals surface area contributed by atoms with Gasteiger partial charge in [0.1, 0.15) is 6.20 Å². The van der Waals surface area contributed by atoms with Crippen molar-refractivity contribution in [1.29, 1.82) is 0 Å². The minimum absolute atomic E-state index is 0.0632. The second kappa shape index (κ2) is 6.33. The Morgan fingerprint density at radius 2 is 2.30 bits per heavy atom. The molecule has 0 aliphatic heterocycles. The van der Waals surface area contributed by atoms with Gasteiger partial charge in [-0.3, -0.25) is 4.79 Å². The molecule has 0 saturated carbocycles. The molecule has 0 aromatic carbocycles. The molecule has 8 nitrogen and oxygen atoms in total. The van der Waals surface area contributed by atoms with Crippen molar-refractivity contribution < 1.29 is 14.8 Å². The number of unbranched alkanes of at least 4 members (excludes halogenated alkanes) is 2. The van der Waals surface area contributed by atoms with Crippen LogP contribution in [0.25, 0.3) is 4.96 Å². The number of nitrogens with one attached hydrogen (secondary N) is 1. The van der Waals surface area contributed by atoms with Gasteiger partial charge in [0.25, 0.3) is 4.96 Å². The molecule has 0 aliphatic carbocycles. The first-order chi connectivity index (χ1) is 9.59. The van der Waals surface area contributed by atoms with E-state index >= 15 is 0 Å². The highest BCUT2D eigenvalue weighted by atomic mass is 32.1. The molecule has 0 radical (unpaired) electrons. The van der Waals surface area contributed by atoms with Crippen molar-refractivity contribution >= 4 is 33.9 Å². The van der Waals surface area contributed by atoms with E-state index in [1.54, 1.807) is 11.6 Å². The van der Waals surface area contributed by atoms with E-state index < -0.39 is 10.9 Å². The molecule has 20 heavy (non-hydrogen) atoms. The molecule has 0 fully saturated rings. The molecule has 2 rings (SSSR count). The van der Waals surface area contributed by atoms with Crippen LogP contribution in [0.5, 0.6) is 0 Å². The Bertz CT molecular complexity index is 621. The number of fused-ring (bicyclic) bond motifs is 1. The smallest absolute Gasteiger partial charge is 0.372 e. The van der Waals surface area contributed by atoms with Crippen molar-refractivity contribution in [3.8, 4) is 0 Å². The third kappa shape index (κ3) is 3.23. The van der Waals surface area contributed by atoms with E-state index in [1.807, 2.05) is 0 Å². The number of aromatic nitrogens is 2. The van der Waals surface area contributed by atoms with Gasteiger partial charge in [0.05, 0.1) is 0 Å². The summed E-state index contributed by atoms with van der Waals surface area (Å²) in [6.45, 7) is 0.533. The summed E-state index contributed by atoms with van der Waals surface area (Å²) in [6, 6.07) is 0. The van der Waals surface area contributed by atoms with Gasteiger partial charge in [0.2, 0.25) is 5.82 Å². The standard InChI is InChI=1S/C11H14N4O4S/c16-8(17)4-2-1-3-5-12-9-10(15(18)19)14-6-7-20-11(14)13-9/h6-7,12H,1-5H2,(H,16,17). The lowest BCUT2D eigenvalue weighted by Gasteiger charge is -2.02. The molecule has 0 unspecified atom stereocenters. The van der Waals surface area contributed by atoms with Crippen molar-refractivity contribution in [3.63, 3.8) is 0 Å². The van der Waals surface area contributed by atoms with Crippen molar-refractivity contribution in [3.05, 3.63) is 21.7 Å². The lowest BCUT2D eigenvalue weighted by atomic mass is 10.2. The van der Waals surface area contributed by atoms with Gasteiger partial charge >= 0.3 is 11.8 Å². The predicted molar refractivity (Wildman–Crippen MR) is 74.3 cm³/mol. The van der Waals surface area contributed by atoms with E-state index in [4.69, 9.17) is 5.11 Å². The minimum atomic E-state index is -0.803. The summed E-state index contributed by atoms with van der Waals surface area (Å²) in [4.78, 5) is 25.7. The molecule has 2 aromatic rings. The number of carbonyl (C=O) groups is 1. The van der Waals surface area contributed by atoms with Gasteiger partial charge in [-0.1, -0.05) is 17.8 Å². The zero-order valence-corrected chi connectivity index (χ0v) is 11.4. The molecule has 2 aromatic heterocycles. The van der Waals surface area contributed by atoms with E-state index in [1.165, 1.54) is 15.7 Å². The van der Waals surface area contributed by atoms with Gasteiger partial charge in [-0.25, -0.2) is 0 Å². The SMILES string of the molecule is O=C(O)CCCCCNc1nc2sccn2c1[N+](=O)[O-]. The number of carboxylic acid groups (broad SMARTS) is 1. The van der Waals surface area contributed by atoms with Gasteiger partial charge in [0.15, 0.2) is 0 Å². The van der Waals surface area contributed by atoms with Crippen molar-refractivity contribution in [2.24, 2.45) is 0 Å². The van der Waals surface area contributed by atoms with Crippen molar-refractivity contribution in [2.45, 2.75) is 25.7 Å². The Balaban J connectivity index is 1.89. The highest BCUT2D eigenvalue weighted by molar-refractivity contribution is 7.15. The Hall–Kier alpha value is -2.16. The van der Waals surface area contributed by atoms with Crippen LogP contribution in [0.4, 0.5) is 11.6 Å². The van der Waals surface area contributed by atoms with Gasteiger partial charge in [0, 0.05) is 18.3 Å². The number of nitro groups is 1. The molecule has 0 spiro atoms. The quantitative estimate of drug-likeness (QED) is 0.440. The Kier molecular flexibility index (Phi) is 4.51. The average molecular weight is 298 g/mol. The normalized spacial score (nSPS) is 10.8. The summed E-state index contributed by atoms with van der Waals surface area (Å²) in [5.41, 5.74) is 0. The third-order valence-electron chi connectivity index (χ3n) is 2.77. The summed E-state index contributed by atoms with van der Waals surface area (Å²) >= 11 is 1.33. The maximum Gasteiger partial charge on any atom is 0.372 e. The first-order valence-electron chi connectivity index (χ1n) is 6.15. The molecule has 9 heteroatoms. The number of imidazole rings is 1. The number of thiazole rings is 1. The highest BCUT2D eigenvalue weighted by Crippen LogP contribution is 2.27. The zero-order valence-electron chi connectivity index (χ0n) is 10.6. The first kappa shape index (κ1) is 14.3. The molecular weight excluding hydrogens is 284 g/mol.